The lowest BCUT2D eigenvalue weighted by Gasteiger charge is -2.38. The fourth-order valence-electron chi connectivity index (χ4n) is 1.52. The van der Waals surface area contributed by atoms with Crippen LogP contribution in [-0.2, 0) is 0 Å². The summed E-state index contributed by atoms with van der Waals surface area (Å²) < 4.78 is 0. The van der Waals surface area contributed by atoms with Gasteiger partial charge < -0.3 is 4.90 Å². The number of nitrogens with zero attached hydrogens (tertiary/aromatic N) is 2. The zero-order chi connectivity index (χ0) is 8.48. The van der Waals surface area contributed by atoms with Crippen molar-refractivity contribution in [3.05, 3.63) is 0 Å². The molecule has 0 aromatic carbocycles. The van der Waals surface area contributed by atoms with Gasteiger partial charge in [0, 0.05) is 6.54 Å². The Kier molecular flexibility index (Phi) is 2.20. The van der Waals surface area contributed by atoms with Crippen molar-refractivity contribution >= 4 is 0 Å². The third kappa shape index (κ3) is 1.72. The Balaban J connectivity index is 2.65. The van der Waals surface area contributed by atoms with Crippen LogP contribution in [0.5, 0.6) is 0 Å². The second-order valence-corrected chi connectivity index (χ2v) is 4.18. The van der Waals surface area contributed by atoms with E-state index in [-0.39, 0.29) is 11.3 Å². The minimum Gasteiger partial charge on any atom is -0.305 e. The fourth-order valence-corrected chi connectivity index (χ4v) is 1.52. The maximum absolute atomic E-state index is 8.87. The van der Waals surface area contributed by atoms with Crippen molar-refractivity contribution in [3.63, 3.8) is 0 Å². The van der Waals surface area contributed by atoms with Gasteiger partial charge in [-0.2, -0.15) is 5.26 Å². The van der Waals surface area contributed by atoms with Gasteiger partial charge >= 0.3 is 0 Å². The van der Waals surface area contributed by atoms with E-state index in [1.807, 2.05) is 0 Å². The van der Waals surface area contributed by atoms with Crippen LogP contribution in [0, 0.1) is 22.7 Å². The van der Waals surface area contributed by atoms with E-state index in [1.165, 1.54) is 0 Å². The Morgan fingerprint density at radius 1 is 1.55 bits per heavy atom. The summed E-state index contributed by atoms with van der Waals surface area (Å²) in [5.74, 6) is 0.209. The highest BCUT2D eigenvalue weighted by molar-refractivity contribution is 4.97. The molecule has 0 radical (unpaired) electrons. The summed E-state index contributed by atoms with van der Waals surface area (Å²) >= 11 is 0. The minimum atomic E-state index is 0.209. The smallest absolute Gasteiger partial charge is 0.0674 e. The molecule has 1 atom stereocenters. The van der Waals surface area contributed by atoms with Gasteiger partial charge in [0.1, 0.15) is 0 Å². The summed E-state index contributed by atoms with van der Waals surface area (Å²) in [6, 6.07) is 2.38. The first kappa shape index (κ1) is 8.55. The largest absolute Gasteiger partial charge is 0.305 e. The van der Waals surface area contributed by atoms with Crippen molar-refractivity contribution in [2.24, 2.45) is 11.3 Å². The fraction of sp³-hybridized carbons (Fsp3) is 0.889. The lowest BCUT2D eigenvalue weighted by molar-refractivity contribution is 0.110. The van der Waals surface area contributed by atoms with E-state index in [1.54, 1.807) is 0 Å². The van der Waals surface area contributed by atoms with Gasteiger partial charge in [-0.1, -0.05) is 13.8 Å². The Morgan fingerprint density at radius 2 is 2.18 bits per heavy atom. The van der Waals surface area contributed by atoms with Crippen molar-refractivity contribution in [3.8, 4) is 6.07 Å². The maximum Gasteiger partial charge on any atom is 0.0674 e. The molecule has 2 heteroatoms. The van der Waals surface area contributed by atoms with Crippen LogP contribution >= 0.6 is 0 Å². The van der Waals surface area contributed by atoms with Crippen LogP contribution in [0.1, 0.15) is 20.3 Å². The Labute approximate surface area is 68.8 Å². The monoisotopic (exact) mass is 152 g/mol. The van der Waals surface area contributed by atoms with Gasteiger partial charge in [0.05, 0.1) is 12.0 Å². The molecule has 11 heavy (non-hydrogen) atoms. The maximum atomic E-state index is 8.87. The molecule has 0 aromatic heterocycles. The van der Waals surface area contributed by atoms with Crippen LogP contribution in [-0.4, -0.2) is 25.0 Å². The van der Waals surface area contributed by atoms with E-state index in [0.717, 1.165) is 19.5 Å². The summed E-state index contributed by atoms with van der Waals surface area (Å²) in [4.78, 5) is 2.24. The van der Waals surface area contributed by atoms with Crippen LogP contribution in [0.3, 0.4) is 0 Å². The average Bonchev–Trinajstić information content (AvgIpc) is 1.94. The van der Waals surface area contributed by atoms with E-state index in [4.69, 9.17) is 5.26 Å². The van der Waals surface area contributed by atoms with Gasteiger partial charge in [-0.05, 0) is 25.4 Å². The quantitative estimate of drug-likeness (QED) is 0.526. The molecule has 0 aliphatic carbocycles. The first-order valence-electron chi connectivity index (χ1n) is 4.14. The summed E-state index contributed by atoms with van der Waals surface area (Å²) in [6.45, 7) is 6.44. The van der Waals surface area contributed by atoms with E-state index in [2.05, 4.69) is 31.9 Å². The number of rotatable bonds is 0. The molecule has 1 heterocycles. The predicted molar refractivity (Wildman–Crippen MR) is 45.0 cm³/mol. The van der Waals surface area contributed by atoms with Crippen LogP contribution in [0.15, 0.2) is 0 Å². The second-order valence-electron chi connectivity index (χ2n) is 4.18. The molecule has 62 valence electrons. The van der Waals surface area contributed by atoms with Gasteiger partial charge in [0.2, 0.25) is 0 Å². The summed E-state index contributed by atoms with van der Waals surface area (Å²) in [6.07, 6.45) is 1.14. The van der Waals surface area contributed by atoms with Crippen LogP contribution in [0.25, 0.3) is 0 Å². The zero-order valence-electron chi connectivity index (χ0n) is 7.59. The van der Waals surface area contributed by atoms with Gasteiger partial charge in [0.15, 0.2) is 0 Å². The molecule has 0 saturated carbocycles. The lowest BCUT2D eigenvalue weighted by Crippen LogP contribution is -2.42. The highest BCUT2D eigenvalue weighted by atomic mass is 15.1. The molecule has 1 unspecified atom stereocenters. The molecule has 0 bridgehead atoms. The molecule has 1 saturated heterocycles. The van der Waals surface area contributed by atoms with Crippen molar-refractivity contribution in [1.82, 2.24) is 4.90 Å². The van der Waals surface area contributed by atoms with Crippen LogP contribution in [0.4, 0.5) is 0 Å². The van der Waals surface area contributed by atoms with Crippen molar-refractivity contribution < 1.29 is 0 Å². The summed E-state index contributed by atoms with van der Waals surface area (Å²) in [5.41, 5.74) is 0.223. The van der Waals surface area contributed by atoms with E-state index in [0.29, 0.717) is 0 Å². The van der Waals surface area contributed by atoms with E-state index >= 15 is 0 Å². The highest BCUT2D eigenvalue weighted by Gasteiger charge is 2.34. The molecular weight excluding hydrogens is 136 g/mol. The third-order valence-corrected chi connectivity index (χ3v) is 2.73. The van der Waals surface area contributed by atoms with Gasteiger partial charge in [-0.15, -0.1) is 0 Å². The zero-order valence-corrected chi connectivity index (χ0v) is 7.59. The van der Waals surface area contributed by atoms with E-state index in [9.17, 15) is 0 Å². The molecule has 1 aliphatic rings. The Morgan fingerprint density at radius 3 is 2.64 bits per heavy atom. The summed E-state index contributed by atoms with van der Waals surface area (Å²) in [7, 11) is 2.08. The SMILES string of the molecule is CN1CCC(C)(C)C(C#N)C1. The molecule has 0 amide bonds. The molecule has 0 aromatic rings. The first-order chi connectivity index (χ1) is 5.06. The van der Waals surface area contributed by atoms with Crippen LogP contribution < -0.4 is 0 Å². The lowest BCUT2D eigenvalue weighted by atomic mass is 9.74. The number of hydrogen-bond donors (Lipinski definition) is 0. The normalized spacial score (nSPS) is 31.3. The van der Waals surface area contributed by atoms with Gasteiger partial charge in [-0.25, -0.2) is 0 Å². The third-order valence-electron chi connectivity index (χ3n) is 2.73. The number of piperidine rings is 1. The Bertz CT molecular complexity index is 178. The van der Waals surface area contributed by atoms with Crippen molar-refractivity contribution in [2.45, 2.75) is 20.3 Å². The standard InChI is InChI=1S/C9H16N2/c1-9(2)4-5-11(3)7-8(9)6-10/h8H,4-5,7H2,1-3H3. The first-order valence-corrected chi connectivity index (χ1v) is 4.14. The minimum absolute atomic E-state index is 0.209. The molecule has 1 aliphatic heterocycles. The number of likely N-dealkylation sites (tertiary alicyclic amines) is 1. The summed E-state index contributed by atoms with van der Waals surface area (Å²) in [5, 5.41) is 8.87. The molecule has 1 fully saturated rings. The average molecular weight is 152 g/mol. The van der Waals surface area contributed by atoms with Gasteiger partial charge in [0.25, 0.3) is 0 Å². The Hall–Kier alpha value is -0.550. The van der Waals surface area contributed by atoms with Crippen molar-refractivity contribution in [2.75, 3.05) is 20.1 Å². The van der Waals surface area contributed by atoms with Gasteiger partial charge in [-0.3, -0.25) is 0 Å². The molecule has 0 spiro atoms. The molecule has 0 N–H and O–H groups in total. The molecule has 2 nitrogen and oxygen atoms in total. The second kappa shape index (κ2) is 2.83. The van der Waals surface area contributed by atoms with E-state index < -0.39 is 0 Å². The number of hydrogen-bond acceptors (Lipinski definition) is 2. The van der Waals surface area contributed by atoms with Crippen molar-refractivity contribution in [1.29, 1.82) is 5.26 Å². The molecule has 1 rings (SSSR count). The highest BCUT2D eigenvalue weighted by Crippen LogP contribution is 2.34. The number of nitriles is 1. The molecular formula is C9H16N2. The predicted octanol–water partition coefficient (Wildman–Crippen LogP) is 1.49. The van der Waals surface area contributed by atoms with Crippen LogP contribution in [0.2, 0.25) is 0 Å². The topological polar surface area (TPSA) is 27.0 Å².